The molecule has 0 aliphatic carbocycles. The Hall–Kier alpha value is -4.04. The second kappa shape index (κ2) is 12.7. The van der Waals surface area contributed by atoms with Crippen LogP contribution in [0.3, 0.4) is 0 Å². The van der Waals surface area contributed by atoms with Gasteiger partial charge in [-0.3, -0.25) is 18.9 Å². The van der Waals surface area contributed by atoms with Crippen LogP contribution in [-0.2, 0) is 19.4 Å². The lowest BCUT2D eigenvalue weighted by Crippen LogP contribution is -2.30. The van der Waals surface area contributed by atoms with Crippen molar-refractivity contribution in [3.63, 3.8) is 0 Å². The van der Waals surface area contributed by atoms with Crippen molar-refractivity contribution >= 4 is 17.0 Å². The van der Waals surface area contributed by atoms with Gasteiger partial charge in [0, 0.05) is 17.5 Å². The lowest BCUT2D eigenvalue weighted by molar-refractivity contribution is 0.388. The number of hydrogen-bond acceptors (Lipinski definition) is 5. The van der Waals surface area contributed by atoms with Crippen molar-refractivity contribution in [1.29, 1.82) is 0 Å². The highest BCUT2D eigenvalue weighted by atomic mass is 79.9. The zero-order valence-corrected chi connectivity index (χ0v) is 23.7. The van der Waals surface area contributed by atoms with Crippen LogP contribution in [0.25, 0.3) is 22.5 Å². The minimum atomic E-state index is -0.589. The van der Waals surface area contributed by atoms with Crippen LogP contribution in [0.2, 0.25) is 0 Å². The first-order valence-corrected chi connectivity index (χ1v) is 12.9. The van der Waals surface area contributed by atoms with Gasteiger partial charge >= 0.3 is 5.76 Å². The van der Waals surface area contributed by atoms with Crippen LogP contribution < -0.4 is 11.3 Å². The van der Waals surface area contributed by atoms with Gasteiger partial charge in [-0.2, -0.15) is 0 Å². The summed E-state index contributed by atoms with van der Waals surface area (Å²) in [5, 5.41) is 3.85. The van der Waals surface area contributed by atoms with E-state index in [1.54, 1.807) is 4.57 Å². The van der Waals surface area contributed by atoms with Gasteiger partial charge in [0.05, 0.1) is 12.2 Å². The molecule has 0 spiro atoms. The quantitative estimate of drug-likeness (QED) is 0.224. The highest BCUT2D eigenvalue weighted by Crippen LogP contribution is 2.30. The molecule has 0 aliphatic heterocycles. The molecule has 0 amide bonds. The summed E-state index contributed by atoms with van der Waals surface area (Å²) in [6.07, 6.45) is 3.33. The smallest absolute Gasteiger partial charge is 0.296 e. The zero-order chi connectivity index (χ0) is 26.5. The second-order valence-corrected chi connectivity index (χ2v) is 9.43. The molecule has 0 radical (unpaired) electrons. The van der Waals surface area contributed by atoms with E-state index in [0.717, 1.165) is 64.2 Å². The van der Waals surface area contributed by atoms with Crippen molar-refractivity contribution in [3.8, 4) is 22.5 Å². The molecule has 0 fully saturated rings. The topological polar surface area (TPSA) is 93.8 Å². The summed E-state index contributed by atoms with van der Waals surface area (Å²) < 4.78 is 6.48. The lowest BCUT2D eigenvalue weighted by atomic mass is 9.96. The molecular formula is C31H31BrN4O3. The van der Waals surface area contributed by atoms with Gasteiger partial charge in [0.2, 0.25) is 0 Å². The van der Waals surface area contributed by atoms with Crippen LogP contribution in [0.15, 0.2) is 93.0 Å². The number of benzene rings is 3. The average molecular weight is 588 g/mol. The van der Waals surface area contributed by atoms with E-state index in [-0.39, 0.29) is 22.5 Å². The van der Waals surface area contributed by atoms with Gasteiger partial charge in [-0.15, -0.1) is 17.0 Å². The molecule has 5 rings (SSSR count). The van der Waals surface area contributed by atoms with Gasteiger partial charge in [0.1, 0.15) is 5.82 Å². The Balaban J connectivity index is 0.00000353. The fourth-order valence-electron chi connectivity index (χ4n) is 4.73. The summed E-state index contributed by atoms with van der Waals surface area (Å²) in [7, 11) is 0. The molecule has 0 saturated carbocycles. The summed E-state index contributed by atoms with van der Waals surface area (Å²) in [6, 6.07) is 25.9. The van der Waals surface area contributed by atoms with Gasteiger partial charge in [0.15, 0.2) is 5.82 Å². The first-order valence-electron chi connectivity index (χ1n) is 12.9. The van der Waals surface area contributed by atoms with Crippen molar-refractivity contribution in [2.24, 2.45) is 0 Å². The summed E-state index contributed by atoms with van der Waals surface area (Å²) >= 11 is 0. The molecule has 0 bridgehead atoms. The van der Waals surface area contributed by atoms with E-state index in [2.05, 4.69) is 17.1 Å². The normalized spacial score (nSPS) is 10.8. The second-order valence-electron chi connectivity index (χ2n) is 9.43. The molecule has 0 aliphatic rings. The fraction of sp³-hybridized carbons (Fsp3) is 0.226. The Morgan fingerprint density at radius 2 is 1.56 bits per heavy atom. The number of nitrogens with zero attached hydrogens (tertiary/aromatic N) is 3. The van der Waals surface area contributed by atoms with Gasteiger partial charge in [-0.25, -0.2) is 9.78 Å². The largest absolute Gasteiger partial charge is 0.439 e. The highest BCUT2D eigenvalue weighted by Gasteiger charge is 2.16. The number of hydrogen-bond donors (Lipinski definition) is 1. The van der Waals surface area contributed by atoms with Crippen LogP contribution in [0.5, 0.6) is 0 Å². The third-order valence-electron chi connectivity index (χ3n) is 6.76. The minimum absolute atomic E-state index is 0. The minimum Gasteiger partial charge on any atom is -0.296 e. The van der Waals surface area contributed by atoms with Gasteiger partial charge < -0.3 is 0 Å². The summed E-state index contributed by atoms with van der Waals surface area (Å²) in [5.41, 5.74) is 6.46. The number of nitrogens with one attached hydrogen (secondary N) is 1. The molecule has 0 atom stereocenters. The molecule has 5 aromatic rings. The van der Waals surface area contributed by atoms with Crippen molar-refractivity contribution < 1.29 is 4.52 Å². The molecule has 0 unspecified atom stereocenters. The SMILES string of the molecule is Br.CCCCc1nc(C)n(Cc2ccccc2)c(=O)c1Cc1ccc(-c2ccccc2-c2noc(=O)[nH]2)cc1. The van der Waals surface area contributed by atoms with E-state index < -0.39 is 5.76 Å². The number of aryl methyl sites for hydroxylation is 2. The predicted molar refractivity (Wildman–Crippen MR) is 159 cm³/mol. The van der Waals surface area contributed by atoms with Crippen molar-refractivity contribution in [2.45, 2.75) is 46.1 Å². The lowest BCUT2D eigenvalue weighted by Gasteiger charge is -2.16. The number of halogens is 1. The molecule has 200 valence electrons. The van der Waals surface area contributed by atoms with Crippen LogP contribution in [0.1, 0.15) is 48.0 Å². The van der Waals surface area contributed by atoms with Crippen LogP contribution in [0, 0.1) is 6.92 Å². The molecule has 39 heavy (non-hydrogen) atoms. The maximum atomic E-state index is 13.8. The maximum Gasteiger partial charge on any atom is 0.439 e. The molecule has 7 nitrogen and oxygen atoms in total. The maximum absolute atomic E-state index is 13.8. The average Bonchev–Trinajstić information content (AvgIpc) is 3.38. The number of H-pyrrole nitrogens is 1. The van der Waals surface area contributed by atoms with Gasteiger partial charge in [0.25, 0.3) is 5.56 Å². The number of unbranched alkanes of at least 4 members (excludes halogenated alkanes) is 1. The van der Waals surface area contributed by atoms with Crippen molar-refractivity contribution in [2.75, 3.05) is 0 Å². The molecule has 2 aromatic heterocycles. The summed E-state index contributed by atoms with van der Waals surface area (Å²) in [4.78, 5) is 32.8. The van der Waals surface area contributed by atoms with E-state index in [1.165, 1.54) is 0 Å². The third kappa shape index (κ3) is 6.34. The van der Waals surface area contributed by atoms with Crippen LogP contribution in [-0.4, -0.2) is 19.7 Å². The van der Waals surface area contributed by atoms with Crippen LogP contribution in [0.4, 0.5) is 0 Å². The summed E-state index contributed by atoms with van der Waals surface area (Å²) in [6.45, 7) is 4.56. The Bertz CT molecular complexity index is 1650. The number of aromatic nitrogens is 4. The van der Waals surface area contributed by atoms with Gasteiger partial charge in [-0.05, 0) is 42.0 Å². The fourth-order valence-corrected chi connectivity index (χ4v) is 4.73. The monoisotopic (exact) mass is 586 g/mol. The predicted octanol–water partition coefficient (Wildman–Crippen LogP) is 6.12. The molecule has 3 aromatic carbocycles. The van der Waals surface area contributed by atoms with E-state index in [9.17, 15) is 9.59 Å². The Kier molecular flexibility index (Phi) is 9.09. The van der Waals surface area contributed by atoms with Crippen LogP contribution >= 0.6 is 17.0 Å². The molecular weight excluding hydrogens is 556 g/mol. The third-order valence-corrected chi connectivity index (χ3v) is 6.76. The van der Waals surface area contributed by atoms with E-state index in [1.807, 2.05) is 85.8 Å². The van der Waals surface area contributed by atoms with Crippen molar-refractivity contribution in [3.05, 3.63) is 128 Å². The highest BCUT2D eigenvalue weighted by molar-refractivity contribution is 8.93. The van der Waals surface area contributed by atoms with Gasteiger partial charge in [-0.1, -0.05) is 97.4 Å². The Morgan fingerprint density at radius 1 is 0.872 bits per heavy atom. The van der Waals surface area contributed by atoms with E-state index >= 15 is 0 Å². The zero-order valence-electron chi connectivity index (χ0n) is 22.0. The molecule has 0 saturated heterocycles. The molecule has 2 heterocycles. The Morgan fingerprint density at radius 3 is 2.23 bits per heavy atom. The first kappa shape index (κ1) is 28.0. The molecule has 8 heteroatoms. The first-order chi connectivity index (χ1) is 18.5. The summed E-state index contributed by atoms with van der Waals surface area (Å²) in [5.74, 6) is 0.542. The standard InChI is InChI=1S/C31H30N4O3.BrH/c1-3-4-14-28-27(30(36)35(21(2)32-28)20-23-10-6-5-7-11-23)19-22-15-17-24(18-16-22)25-12-8-9-13-26(25)29-33-31(37)38-34-29;/h5-13,15-18H,3-4,14,19-20H2,1-2H3,(H,33,34,37);1H. The van der Waals surface area contributed by atoms with E-state index in [4.69, 9.17) is 9.51 Å². The number of rotatable bonds is 9. The number of aromatic amines is 1. The van der Waals surface area contributed by atoms with Crippen molar-refractivity contribution in [1.82, 2.24) is 19.7 Å². The van der Waals surface area contributed by atoms with E-state index in [0.29, 0.717) is 18.8 Å². The molecule has 1 N–H and O–H groups in total. The Labute approximate surface area is 237 Å².